The largest absolute Gasteiger partial charge is 0.573 e. The predicted molar refractivity (Wildman–Crippen MR) is 151 cm³/mol. The monoisotopic (exact) mass is 738 g/mol. The Labute approximate surface area is 282 Å². The molecule has 0 atom stereocenters. The summed E-state index contributed by atoms with van der Waals surface area (Å²) >= 11 is 0. The first-order valence-corrected chi connectivity index (χ1v) is 13.9. The van der Waals surface area contributed by atoms with Crippen molar-refractivity contribution in [2.75, 3.05) is 0 Å². The summed E-state index contributed by atoms with van der Waals surface area (Å²) < 4.78 is 193. The van der Waals surface area contributed by atoms with Gasteiger partial charge in [-0.05, 0) is 87.0 Å². The lowest BCUT2D eigenvalue weighted by Gasteiger charge is -2.20. The van der Waals surface area contributed by atoms with Crippen molar-refractivity contribution in [3.63, 3.8) is 0 Å². The third-order valence-corrected chi connectivity index (χ3v) is 8.17. The second-order valence-electron chi connectivity index (χ2n) is 11.0. The average molecular weight is 738 g/mol. The lowest BCUT2D eigenvalue weighted by Crippen LogP contribution is -2.36. The van der Waals surface area contributed by atoms with Gasteiger partial charge in [0.2, 0.25) is 5.75 Å². The van der Waals surface area contributed by atoms with E-state index < -0.39 is 144 Å². The van der Waals surface area contributed by atoms with E-state index in [1.54, 1.807) is 0 Å². The van der Waals surface area contributed by atoms with Crippen LogP contribution in [0.25, 0.3) is 20.8 Å². The number of ether oxygens (including phenoxy) is 1. The summed E-state index contributed by atoms with van der Waals surface area (Å²) in [6, 6.07) is 3.51. The van der Waals surface area contributed by atoms with Crippen molar-refractivity contribution in [2.24, 2.45) is 0 Å². The molecule has 5 rings (SSSR count). The van der Waals surface area contributed by atoms with Crippen LogP contribution in [0.1, 0.15) is 38.9 Å². The van der Waals surface area contributed by atoms with Crippen LogP contribution < -0.4 is 15.2 Å². The van der Waals surface area contributed by atoms with Crippen molar-refractivity contribution in [3.8, 4) is 17.9 Å². The Bertz CT molecular complexity index is 2410. The smallest absolute Gasteiger partial charge is 0.399 e. The van der Waals surface area contributed by atoms with Crippen LogP contribution in [0, 0.1) is 66.0 Å². The van der Waals surface area contributed by atoms with Crippen molar-refractivity contribution >= 4 is 11.1 Å². The van der Waals surface area contributed by atoms with Crippen LogP contribution in [0.15, 0.2) is 46.8 Å². The third-order valence-electron chi connectivity index (χ3n) is 8.17. The Morgan fingerprint density at radius 2 is 1.06 bits per heavy atom. The van der Waals surface area contributed by atoms with Gasteiger partial charge in [0.25, 0.3) is 0 Å². The first-order valence-electron chi connectivity index (χ1n) is 13.9. The first kappa shape index (κ1) is 37.0. The van der Waals surface area contributed by atoms with Gasteiger partial charge in [0.1, 0.15) is 42.5 Å². The van der Waals surface area contributed by atoms with Gasteiger partial charge in [-0.1, -0.05) is 0 Å². The molecule has 0 unspecified atom stereocenters. The van der Waals surface area contributed by atoms with Crippen molar-refractivity contribution in [1.29, 1.82) is 10.5 Å². The Balaban J connectivity index is 2.18. The van der Waals surface area contributed by atoms with Gasteiger partial charge in [0.15, 0.2) is 11.6 Å². The molecule has 0 radical (unpaired) electrons. The average Bonchev–Trinajstić information content (AvgIpc) is 3.58. The number of nitrogens with zero attached hydrogens (tertiary/aromatic N) is 4. The Morgan fingerprint density at radius 3 is 1.42 bits per heavy atom. The molecule has 264 valence electrons. The minimum absolute atomic E-state index is 0.00160. The van der Waals surface area contributed by atoms with Crippen molar-refractivity contribution in [2.45, 2.75) is 38.5 Å². The molecule has 0 amide bonds. The molecule has 0 bridgehead atoms. The van der Waals surface area contributed by atoms with E-state index >= 15 is 26.3 Å². The minimum Gasteiger partial charge on any atom is -0.399 e. The second-order valence-corrected chi connectivity index (χ2v) is 11.0. The summed E-state index contributed by atoms with van der Waals surface area (Å²) in [5.41, 5.74) is -14.2. The molecular formula is C34H11F13N4O. The van der Waals surface area contributed by atoms with Gasteiger partial charge in [-0.3, -0.25) is 0 Å². The number of nitriles is 2. The quantitative estimate of drug-likeness (QED) is 0.154. The van der Waals surface area contributed by atoms with E-state index in [2.05, 4.69) is 14.4 Å². The summed E-state index contributed by atoms with van der Waals surface area (Å²) in [6.07, 6.45) is -19.8. The summed E-state index contributed by atoms with van der Waals surface area (Å²) in [6.45, 7) is 15.7. The highest BCUT2D eigenvalue weighted by Crippen LogP contribution is 2.45. The van der Waals surface area contributed by atoms with Crippen molar-refractivity contribution in [3.05, 3.63) is 142 Å². The normalized spacial score (nSPS) is 14.0. The molecule has 2 aliphatic carbocycles. The van der Waals surface area contributed by atoms with Crippen LogP contribution in [-0.4, -0.2) is 6.36 Å². The van der Waals surface area contributed by atoms with E-state index in [1.165, 1.54) is 12.1 Å². The summed E-state index contributed by atoms with van der Waals surface area (Å²) in [5, 5.41) is 16.4. The zero-order chi connectivity index (χ0) is 38.8. The molecule has 0 heterocycles. The number of halogens is 13. The van der Waals surface area contributed by atoms with Gasteiger partial charge >= 0.3 is 24.5 Å². The van der Waals surface area contributed by atoms with Crippen molar-refractivity contribution < 1.29 is 61.8 Å². The van der Waals surface area contributed by atoms with Crippen LogP contribution >= 0.6 is 0 Å². The molecule has 3 aromatic rings. The molecule has 0 fully saturated rings. The summed E-state index contributed by atoms with van der Waals surface area (Å²) in [5.74, 6) is -10.2. The van der Waals surface area contributed by atoms with E-state index in [0.717, 1.165) is 6.92 Å². The zero-order valence-electron chi connectivity index (χ0n) is 25.3. The second kappa shape index (κ2) is 12.5. The Kier molecular flexibility index (Phi) is 8.89. The fraction of sp³-hybridized carbons (Fsp3) is 0.176. The van der Waals surface area contributed by atoms with Crippen LogP contribution in [0.3, 0.4) is 0 Å². The predicted octanol–water partition coefficient (Wildman–Crippen LogP) is 8.39. The fourth-order valence-electron chi connectivity index (χ4n) is 6.29. The molecule has 0 N–H and O–H groups in total. The maximum atomic E-state index is 15.3. The highest BCUT2D eigenvalue weighted by molar-refractivity contribution is 5.90. The number of fused-ring (bicyclic) bond motifs is 2. The molecule has 18 heteroatoms. The number of allylic oxidation sites excluding steroid dienone is 3. The van der Waals surface area contributed by atoms with E-state index in [-0.39, 0.29) is 12.1 Å². The Morgan fingerprint density at radius 1 is 0.673 bits per heavy atom. The molecule has 0 aliphatic heterocycles. The minimum atomic E-state index is -5.73. The van der Waals surface area contributed by atoms with Crippen LogP contribution in [0.4, 0.5) is 57.1 Å². The molecule has 2 aliphatic rings. The van der Waals surface area contributed by atoms with Crippen molar-refractivity contribution in [1.82, 2.24) is 0 Å². The van der Waals surface area contributed by atoms with Crippen LogP contribution in [-0.2, 0) is 25.2 Å². The first-order chi connectivity index (χ1) is 24.1. The van der Waals surface area contributed by atoms with Gasteiger partial charge < -0.3 is 4.74 Å². The molecule has 3 aromatic carbocycles. The summed E-state index contributed by atoms with van der Waals surface area (Å²) in [4.78, 5) is 5.78. The van der Waals surface area contributed by atoms with Gasteiger partial charge in [-0.25, -0.2) is 17.6 Å². The number of hydrogen-bond acceptors (Lipinski definition) is 3. The Hall–Kier alpha value is -6.27. The van der Waals surface area contributed by atoms with Crippen LogP contribution in [0.2, 0.25) is 0 Å². The van der Waals surface area contributed by atoms with Gasteiger partial charge in [-0.15, -0.1) is 13.2 Å². The number of rotatable bonds is 3. The summed E-state index contributed by atoms with van der Waals surface area (Å²) in [7, 11) is 0. The number of benzene rings is 3. The van der Waals surface area contributed by atoms with Crippen LogP contribution in [0.5, 0.6) is 5.75 Å². The molecule has 0 aromatic heterocycles. The van der Waals surface area contributed by atoms with Gasteiger partial charge in [0, 0.05) is 12.0 Å². The topological polar surface area (TPSA) is 65.5 Å². The van der Waals surface area contributed by atoms with E-state index in [1.807, 2.05) is 0 Å². The number of hydrogen-bond donors (Lipinski definition) is 0. The molecule has 52 heavy (non-hydrogen) atoms. The SMILES string of the molecule is [C-]#[N+]C([N+]#[C-])=C1Cc2c(C(F)(F)F)c3c(c(C(F)(F)F)c2=C1c1cc(F)c(C)c(F)c1)CC(=C(C#N)C#N)C=3c1cc(F)c(OC(F)(F)F)c(F)c1. The third kappa shape index (κ3) is 6.07. The van der Waals surface area contributed by atoms with E-state index in [0.29, 0.717) is 12.1 Å². The lowest BCUT2D eigenvalue weighted by molar-refractivity contribution is -0.276. The zero-order valence-corrected chi connectivity index (χ0v) is 25.3. The van der Waals surface area contributed by atoms with Gasteiger partial charge in [0.05, 0.1) is 16.7 Å². The standard InChI is InChI=1S/C34H11F13N4O/c1-12-20(35)4-13(5-21(12)36)25-19(31(50-2)51-3)9-18-27(25)28(32(39,40)41)17-8-16(15(10-48)11-49)24(26(17)29(18)33(42,43)44)14-6-22(37)30(23(38)7-14)52-34(45,46)47/h4-7H,8-9H2,1H3. The lowest BCUT2D eigenvalue weighted by atomic mass is 9.90. The fourth-order valence-corrected chi connectivity index (χ4v) is 6.29. The van der Waals surface area contributed by atoms with E-state index in [4.69, 9.17) is 13.1 Å². The highest BCUT2D eigenvalue weighted by Gasteiger charge is 2.48. The number of alkyl halides is 9. The maximum absolute atomic E-state index is 15.3. The highest BCUT2D eigenvalue weighted by atomic mass is 19.4. The van der Waals surface area contributed by atoms with Gasteiger partial charge in [-0.2, -0.15) is 46.6 Å². The molecule has 0 spiro atoms. The molecule has 0 saturated carbocycles. The molecule has 5 nitrogen and oxygen atoms in total. The maximum Gasteiger partial charge on any atom is 0.573 e. The molecular weight excluding hydrogens is 727 g/mol. The van der Waals surface area contributed by atoms with E-state index in [9.17, 15) is 41.3 Å². The molecule has 0 saturated heterocycles.